The lowest BCUT2D eigenvalue weighted by Gasteiger charge is -2.10. The van der Waals surface area contributed by atoms with Crippen LogP contribution in [0.5, 0.6) is 5.88 Å². The molecule has 1 aromatic heterocycles. The van der Waals surface area contributed by atoms with E-state index in [1.807, 2.05) is 12.1 Å². The molecule has 0 bridgehead atoms. The maximum Gasteiger partial charge on any atom is 0.213 e. The Kier molecular flexibility index (Phi) is 8.18. The van der Waals surface area contributed by atoms with Gasteiger partial charge in [0.15, 0.2) is 0 Å². The highest BCUT2D eigenvalue weighted by atomic mass is 16.5. The standard InChI is InChI=1S/C15H26N2O2/c1-4-5-8-18-9-10-19-15-11-14(6-7-16-15)12-17-13(2)3/h6-7,11,13,17H,4-5,8-10,12H2,1-3H3. The highest BCUT2D eigenvalue weighted by Gasteiger charge is 2.00. The van der Waals surface area contributed by atoms with Crippen molar-refractivity contribution in [2.75, 3.05) is 19.8 Å². The second kappa shape index (κ2) is 9.75. The minimum Gasteiger partial charge on any atom is -0.475 e. The van der Waals surface area contributed by atoms with E-state index in [-0.39, 0.29) is 0 Å². The Morgan fingerprint density at radius 1 is 1.26 bits per heavy atom. The molecule has 1 N–H and O–H groups in total. The molecule has 1 heterocycles. The number of aromatic nitrogens is 1. The zero-order chi connectivity index (χ0) is 13.9. The van der Waals surface area contributed by atoms with Gasteiger partial charge in [-0.05, 0) is 18.1 Å². The Labute approximate surface area is 116 Å². The van der Waals surface area contributed by atoms with Crippen LogP contribution < -0.4 is 10.1 Å². The van der Waals surface area contributed by atoms with Crippen molar-refractivity contribution in [3.8, 4) is 5.88 Å². The first-order valence-electron chi connectivity index (χ1n) is 7.11. The maximum absolute atomic E-state index is 5.57. The molecule has 0 radical (unpaired) electrons. The predicted octanol–water partition coefficient (Wildman–Crippen LogP) is 2.78. The van der Waals surface area contributed by atoms with Crippen molar-refractivity contribution >= 4 is 0 Å². The number of nitrogens with zero attached hydrogens (tertiary/aromatic N) is 1. The first-order valence-corrected chi connectivity index (χ1v) is 7.11. The van der Waals surface area contributed by atoms with E-state index in [1.165, 1.54) is 5.56 Å². The molecule has 1 aromatic rings. The molecule has 1 rings (SSSR count). The molecule has 4 heteroatoms. The second-order valence-corrected chi connectivity index (χ2v) is 4.85. The van der Waals surface area contributed by atoms with Gasteiger partial charge >= 0.3 is 0 Å². The van der Waals surface area contributed by atoms with Gasteiger partial charge in [-0.15, -0.1) is 0 Å². The third-order valence-corrected chi connectivity index (χ3v) is 2.63. The molecule has 0 aliphatic carbocycles. The number of hydrogen-bond acceptors (Lipinski definition) is 4. The molecule has 108 valence electrons. The van der Waals surface area contributed by atoms with E-state index in [0.29, 0.717) is 25.1 Å². The number of nitrogens with one attached hydrogen (secondary N) is 1. The summed E-state index contributed by atoms with van der Waals surface area (Å²) in [7, 11) is 0. The number of ether oxygens (including phenoxy) is 2. The molecular weight excluding hydrogens is 240 g/mol. The average Bonchev–Trinajstić information content (AvgIpc) is 2.41. The summed E-state index contributed by atoms with van der Waals surface area (Å²) in [6.45, 7) is 9.24. The monoisotopic (exact) mass is 266 g/mol. The maximum atomic E-state index is 5.57. The van der Waals surface area contributed by atoms with Gasteiger partial charge in [-0.3, -0.25) is 0 Å². The minimum atomic E-state index is 0.476. The van der Waals surface area contributed by atoms with Gasteiger partial charge in [0.05, 0.1) is 6.61 Å². The third-order valence-electron chi connectivity index (χ3n) is 2.63. The van der Waals surface area contributed by atoms with Crippen LogP contribution in [0.1, 0.15) is 39.2 Å². The van der Waals surface area contributed by atoms with Gasteiger partial charge in [0.1, 0.15) is 6.61 Å². The molecule has 0 atom stereocenters. The summed E-state index contributed by atoms with van der Waals surface area (Å²) in [6.07, 6.45) is 4.05. The fourth-order valence-electron chi connectivity index (χ4n) is 1.51. The predicted molar refractivity (Wildman–Crippen MR) is 77.4 cm³/mol. The van der Waals surface area contributed by atoms with Crippen molar-refractivity contribution in [1.29, 1.82) is 0 Å². The van der Waals surface area contributed by atoms with Gasteiger partial charge in [0.2, 0.25) is 5.88 Å². The van der Waals surface area contributed by atoms with E-state index in [1.54, 1.807) is 6.20 Å². The molecule has 0 aromatic carbocycles. The molecule has 0 saturated heterocycles. The van der Waals surface area contributed by atoms with Crippen molar-refractivity contribution in [1.82, 2.24) is 10.3 Å². The summed E-state index contributed by atoms with van der Waals surface area (Å²) >= 11 is 0. The summed E-state index contributed by atoms with van der Waals surface area (Å²) in [5, 5.41) is 3.37. The zero-order valence-corrected chi connectivity index (χ0v) is 12.3. The van der Waals surface area contributed by atoms with Gasteiger partial charge in [0.25, 0.3) is 0 Å². The lowest BCUT2D eigenvalue weighted by atomic mass is 10.2. The fourth-order valence-corrected chi connectivity index (χ4v) is 1.51. The Morgan fingerprint density at radius 2 is 2.11 bits per heavy atom. The highest BCUT2D eigenvalue weighted by Crippen LogP contribution is 2.09. The van der Waals surface area contributed by atoms with E-state index in [0.717, 1.165) is 26.0 Å². The molecule has 0 amide bonds. The van der Waals surface area contributed by atoms with Crippen LogP contribution in [0.3, 0.4) is 0 Å². The van der Waals surface area contributed by atoms with Crippen molar-refractivity contribution in [2.24, 2.45) is 0 Å². The summed E-state index contributed by atoms with van der Waals surface area (Å²) in [4.78, 5) is 4.19. The van der Waals surface area contributed by atoms with Crippen LogP contribution in [-0.4, -0.2) is 30.8 Å². The Balaban J connectivity index is 2.24. The topological polar surface area (TPSA) is 43.4 Å². The van der Waals surface area contributed by atoms with Crippen molar-refractivity contribution < 1.29 is 9.47 Å². The van der Waals surface area contributed by atoms with Crippen LogP contribution in [0.2, 0.25) is 0 Å². The molecule has 0 spiro atoms. The third kappa shape index (κ3) is 7.80. The Bertz CT molecular complexity index is 343. The molecule has 0 aliphatic rings. The summed E-state index contributed by atoms with van der Waals surface area (Å²) in [5.41, 5.74) is 1.19. The Hall–Kier alpha value is -1.13. The van der Waals surface area contributed by atoms with Crippen molar-refractivity contribution in [3.63, 3.8) is 0 Å². The summed E-state index contributed by atoms with van der Waals surface area (Å²) in [5.74, 6) is 0.669. The first kappa shape index (κ1) is 15.9. The molecule has 0 unspecified atom stereocenters. The molecule has 0 fully saturated rings. The van der Waals surface area contributed by atoms with Gasteiger partial charge in [-0.2, -0.15) is 0 Å². The first-order chi connectivity index (χ1) is 9.22. The van der Waals surface area contributed by atoms with Crippen LogP contribution >= 0.6 is 0 Å². The van der Waals surface area contributed by atoms with Crippen LogP contribution in [0, 0.1) is 0 Å². The second-order valence-electron chi connectivity index (χ2n) is 4.85. The van der Waals surface area contributed by atoms with E-state index in [4.69, 9.17) is 9.47 Å². The highest BCUT2D eigenvalue weighted by molar-refractivity contribution is 5.20. The number of rotatable bonds is 10. The normalized spacial score (nSPS) is 10.9. The zero-order valence-electron chi connectivity index (χ0n) is 12.3. The molecular formula is C15H26N2O2. The number of pyridine rings is 1. The number of hydrogen-bond donors (Lipinski definition) is 1. The summed E-state index contributed by atoms with van der Waals surface area (Å²) < 4.78 is 11.0. The van der Waals surface area contributed by atoms with E-state index in [9.17, 15) is 0 Å². The van der Waals surface area contributed by atoms with Crippen LogP contribution in [0.4, 0.5) is 0 Å². The SMILES string of the molecule is CCCCOCCOc1cc(CNC(C)C)ccn1. The summed E-state index contributed by atoms with van der Waals surface area (Å²) in [6, 6.07) is 4.45. The van der Waals surface area contributed by atoms with E-state index < -0.39 is 0 Å². The molecule has 19 heavy (non-hydrogen) atoms. The van der Waals surface area contributed by atoms with Crippen LogP contribution in [0.15, 0.2) is 18.3 Å². The number of unbranched alkanes of at least 4 members (excludes halogenated alkanes) is 1. The van der Waals surface area contributed by atoms with Gasteiger partial charge in [-0.1, -0.05) is 27.2 Å². The molecule has 0 aliphatic heterocycles. The largest absolute Gasteiger partial charge is 0.475 e. The average molecular weight is 266 g/mol. The van der Waals surface area contributed by atoms with Crippen LogP contribution in [-0.2, 0) is 11.3 Å². The van der Waals surface area contributed by atoms with Gasteiger partial charge < -0.3 is 14.8 Å². The smallest absolute Gasteiger partial charge is 0.213 e. The Morgan fingerprint density at radius 3 is 2.84 bits per heavy atom. The van der Waals surface area contributed by atoms with Gasteiger partial charge in [0, 0.05) is 31.5 Å². The molecule has 0 saturated carbocycles. The van der Waals surface area contributed by atoms with E-state index >= 15 is 0 Å². The lowest BCUT2D eigenvalue weighted by Crippen LogP contribution is -2.21. The molecule has 4 nitrogen and oxygen atoms in total. The van der Waals surface area contributed by atoms with E-state index in [2.05, 4.69) is 31.1 Å². The van der Waals surface area contributed by atoms with Gasteiger partial charge in [-0.25, -0.2) is 4.98 Å². The van der Waals surface area contributed by atoms with Crippen LogP contribution in [0.25, 0.3) is 0 Å². The minimum absolute atomic E-state index is 0.476. The fraction of sp³-hybridized carbons (Fsp3) is 0.667. The lowest BCUT2D eigenvalue weighted by molar-refractivity contribution is 0.0965. The van der Waals surface area contributed by atoms with Crippen molar-refractivity contribution in [2.45, 2.75) is 46.2 Å². The van der Waals surface area contributed by atoms with Crippen molar-refractivity contribution in [3.05, 3.63) is 23.9 Å². The quantitative estimate of drug-likeness (QED) is 0.661.